The molecule has 1 aliphatic heterocycles. The highest BCUT2D eigenvalue weighted by Gasteiger charge is 2.17. The van der Waals surface area contributed by atoms with Crippen molar-refractivity contribution in [1.29, 1.82) is 0 Å². The Morgan fingerprint density at radius 1 is 1.00 bits per heavy atom. The lowest BCUT2D eigenvalue weighted by atomic mass is 9.98. The van der Waals surface area contributed by atoms with Gasteiger partial charge in [-0.1, -0.05) is 12.1 Å². The van der Waals surface area contributed by atoms with Crippen LogP contribution in [-0.4, -0.2) is 38.2 Å². The zero-order valence-corrected chi connectivity index (χ0v) is 16.4. The van der Waals surface area contributed by atoms with E-state index in [0.717, 1.165) is 64.2 Å². The lowest BCUT2D eigenvalue weighted by Gasteiger charge is -2.14. The molecule has 0 spiro atoms. The second-order valence-corrected chi connectivity index (χ2v) is 7.95. The molecular weight excluding hydrogens is 380 g/mol. The smallest absolute Gasteiger partial charge is 0.159 e. The Hall–Kier alpha value is -3.29. The first-order chi connectivity index (χ1) is 14.4. The fourth-order valence-electron chi connectivity index (χ4n) is 3.94. The summed E-state index contributed by atoms with van der Waals surface area (Å²) >= 11 is 1.66. The molecule has 0 bridgehead atoms. The van der Waals surface area contributed by atoms with E-state index in [2.05, 4.69) is 66.6 Å². The molecule has 1 aliphatic rings. The summed E-state index contributed by atoms with van der Waals surface area (Å²) in [7, 11) is 0. The van der Waals surface area contributed by atoms with Gasteiger partial charge in [0.1, 0.15) is 11.2 Å². The SMILES string of the molecule is C1=C(c2ccc3[nH]nc(-c4nc5c(-c6ccsc6)nccc5[nH]4)c3c2)CCNC1. The maximum Gasteiger partial charge on any atom is 0.159 e. The monoisotopic (exact) mass is 398 g/mol. The molecule has 0 saturated carbocycles. The summed E-state index contributed by atoms with van der Waals surface area (Å²) in [6, 6.07) is 10.5. The summed E-state index contributed by atoms with van der Waals surface area (Å²) in [4.78, 5) is 12.9. The lowest BCUT2D eigenvalue weighted by Crippen LogP contribution is -2.19. The fraction of sp³-hybridized carbons (Fsp3) is 0.136. The van der Waals surface area contributed by atoms with Gasteiger partial charge >= 0.3 is 0 Å². The van der Waals surface area contributed by atoms with Gasteiger partial charge in [0.2, 0.25) is 0 Å². The summed E-state index contributed by atoms with van der Waals surface area (Å²) in [5.74, 6) is 0.757. The van der Waals surface area contributed by atoms with Gasteiger partial charge in [0.05, 0.1) is 16.7 Å². The highest BCUT2D eigenvalue weighted by molar-refractivity contribution is 7.08. The topological polar surface area (TPSA) is 82.3 Å². The van der Waals surface area contributed by atoms with Gasteiger partial charge < -0.3 is 10.3 Å². The maximum absolute atomic E-state index is 4.88. The van der Waals surface area contributed by atoms with Gasteiger partial charge in [-0.2, -0.15) is 16.4 Å². The number of pyridine rings is 1. The number of benzene rings is 1. The van der Waals surface area contributed by atoms with Crippen LogP contribution in [0.1, 0.15) is 12.0 Å². The Labute approximate surface area is 170 Å². The van der Waals surface area contributed by atoms with E-state index >= 15 is 0 Å². The first kappa shape index (κ1) is 16.6. The number of H-pyrrole nitrogens is 2. The van der Waals surface area contributed by atoms with Crippen molar-refractivity contribution in [1.82, 2.24) is 30.5 Å². The lowest BCUT2D eigenvalue weighted by molar-refractivity contribution is 0.739. The standard InChI is InChI=1S/C22H18N6S/c1-2-17-16(11-14(1)13-3-7-23-8-4-13)20(28-27-17)22-25-18-5-9-24-19(21(18)26-22)15-6-10-29-12-15/h1-3,5-6,9-12,23H,4,7-8H2,(H,25,26)(H,27,28). The minimum absolute atomic E-state index is 0.757. The molecule has 6 nitrogen and oxygen atoms in total. The number of hydrogen-bond acceptors (Lipinski definition) is 5. The molecule has 7 heteroatoms. The molecule has 0 atom stereocenters. The van der Waals surface area contributed by atoms with Crippen molar-refractivity contribution in [2.24, 2.45) is 0 Å². The summed E-state index contributed by atoms with van der Waals surface area (Å²) in [6.45, 7) is 1.94. The largest absolute Gasteiger partial charge is 0.336 e. The molecule has 0 unspecified atom stereocenters. The van der Waals surface area contributed by atoms with E-state index in [1.807, 2.05) is 12.3 Å². The van der Waals surface area contributed by atoms with E-state index in [1.54, 1.807) is 11.3 Å². The van der Waals surface area contributed by atoms with Crippen molar-refractivity contribution in [3.8, 4) is 22.8 Å². The van der Waals surface area contributed by atoms with E-state index in [1.165, 1.54) is 11.1 Å². The first-order valence-corrected chi connectivity index (χ1v) is 10.6. The van der Waals surface area contributed by atoms with Crippen LogP contribution in [0.4, 0.5) is 0 Å². The molecule has 142 valence electrons. The minimum atomic E-state index is 0.757. The molecule has 0 aliphatic carbocycles. The number of aromatic amines is 2. The first-order valence-electron chi connectivity index (χ1n) is 9.63. The van der Waals surface area contributed by atoms with Crippen molar-refractivity contribution in [3.05, 3.63) is 58.9 Å². The van der Waals surface area contributed by atoms with Crippen LogP contribution in [0.15, 0.2) is 53.4 Å². The molecule has 5 aromatic rings. The second-order valence-electron chi connectivity index (χ2n) is 7.17. The normalized spacial score (nSPS) is 14.6. The minimum Gasteiger partial charge on any atom is -0.336 e. The zero-order chi connectivity index (χ0) is 19.2. The second kappa shape index (κ2) is 6.65. The summed E-state index contributed by atoms with van der Waals surface area (Å²) in [5, 5.41) is 16.3. The molecule has 1 aromatic carbocycles. The van der Waals surface area contributed by atoms with Crippen molar-refractivity contribution >= 4 is 38.8 Å². The van der Waals surface area contributed by atoms with Crippen LogP contribution >= 0.6 is 11.3 Å². The maximum atomic E-state index is 4.88. The number of hydrogen-bond donors (Lipinski definition) is 3. The van der Waals surface area contributed by atoms with Gasteiger partial charge in [-0.25, -0.2) is 4.98 Å². The number of imidazole rings is 1. The fourth-order valence-corrected chi connectivity index (χ4v) is 4.58. The molecule has 0 fully saturated rings. The molecular formula is C22H18N6S. The van der Waals surface area contributed by atoms with E-state index in [0.29, 0.717) is 0 Å². The molecule has 3 N–H and O–H groups in total. The van der Waals surface area contributed by atoms with Gasteiger partial charge in [-0.15, -0.1) is 0 Å². The number of nitrogens with one attached hydrogen (secondary N) is 3. The van der Waals surface area contributed by atoms with Crippen molar-refractivity contribution in [3.63, 3.8) is 0 Å². The average molecular weight is 398 g/mol. The van der Waals surface area contributed by atoms with E-state index in [4.69, 9.17) is 4.98 Å². The molecule has 0 saturated heterocycles. The van der Waals surface area contributed by atoms with Crippen molar-refractivity contribution < 1.29 is 0 Å². The van der Waals surface area contributed by atoms with Crippen LogP contribution in [0.3, 0.4) is 0 Å². The Morgan fingerprint density at radius 3 is 2.86 bits per heavy atom. The summed E-state index contributed by atoms with van der Waals surface area (Å²) in [6.07, 6.45) is 5.13. The Kier molecular flexibility index (Phi) is 3.82. The average Bonchev–Trinajstić information content (AvgIpc) is 3.52. The van der Waals surface area contributed by atoms with Gasteiger partial charge in [0.15, 0.2) is 5.82 Å². The third-order valence-electron chi connectivity index (χ3n) is 5.42. The Bertz CT molecular complexity index is 1360. The van der Waals surface area contributed by atoms with E-state index < -0.39 is 0 Å². The van der Waals surface area contributed by atoms with Gasteiger partial charge in [-0.05, 0) is 53.7 Å². The molecule has 6 rings (SSSR count). The van der Waals surface area contributed by atoms with Crippen molar-refractivity contribution in [2.45, 2.75) is 6.42 Å². The van der Waals surface area contributed by atoms with Crippen LogP contribution in [-0.2, 0) is 0 Å². The number of aromatic nitrogens is 5. The number of fused-ring (bicyclic) bond motifs is 2. The van der Waals surface area contributed by atoms with Crippen LogP contribution in [0, 0.1) is 0 Å². The highest BCUT2D eigenvalue weighted by atomic mass is 32.1. The predicted molar refractivity (Wildman–Crippen MR) is 118 cm³/mol. The van der Waals surface area contributed by atoms with Crippen LogP contribution in [0.5, 0.6) is 0 Å². The summed E-state index contributed by atoms with van der Waals surface area (Å²) < 4.78 is 0. The third kappa shape index (κ3) is 2.78. The van der Waals surface area contributed by atoms with Gasteiger partial charge in [-0.3, -0.25) is 10.1 Å². The van der Waals surface area contributed by atoms with Crippen molar-refractivity contribution in [2.75, 3.05) is 13.1 Å². The molecule has 0 amide bonds. The van der Waals surface area contributed by atoms with E-state index in [-0.39, 0.29) is 0 Å². The molecule has 5 heterocycles. The zero-order valence-electron chi connectivity index (χ0n) is 15.6. The summed E-state index contributed by atoms with van der Waals surface area (Å²) in [5.41, 5.74) is 8.29. The number of rotatable bonds is 3. The third-order valence-corrected chi connectivity index (χ3v) is 6.10. The van der Waals surface area contributed by atoms with Gasteiger partial charge in [0, 0.05) is 29.1 Å². The molecule has 0 radical (unpaired) electrons. The number of thiophene rings is 1. The van der Waals surface area contributed by atoms with Gasteiger partial charge in [0.25, 0.3) is 0 Å². The van der Waals surface area contributed by atoms with E-state index in [9.17, 15) is 0 Å². The van der Waals surface area contributed by atoms with Crippen LogP contribution < -0.4 is 5.32 Å². The molecule has 29 heavy (non-hydrogen) atoms. The Morgan fingerprint density at radius 2 is 2.00 bits per heavy atom. The van der Waals surface area contributed by atoms with Crippen LogP contribution in [0.2, 0.25) is 0 Å². The Balaban J connectivity index is 1.50. The molecule has 4 aromatic heterocycles. The highest BCUT2D eigenvalue weighted by Crippen LogP contribution is 2.32. The predicted octanol–water partition coefficient (Wildman–Crippen LogP) is 4.61. The quantitative estimate of drug-likeness (QED) is 0.415. The number of nitrogens with zero attached hydrogens (tertiary/aromatic N) is 3. The van der Waals surface area contributed by atoms with Crippen LogP contribution in [0.25, 0.3) is 50.3 Å².